The molecule has 1 aliphatic carbocycles. The number of hydrogen-bond acceptors (Lipinski definition) is 1. The van der Waals surface area contributed by atoms with Crippen molar-refractivity contribution < 1.29 is 9.50 Å². The fraction of sp³-hybridized carbons (Fsp3) is 0.333. The lowest BCUT2D eigenvalue weighted by Crippen LogP contribution is -2.15. The van der Waals surface area contributed by atoms with Gasteiger partial charge in [-0.25, -0.2) is 4.39 Å². The highest BCUT2D eigenvalue weighted by molar-refractivity contribution is 5.14. The number of aliphatic hydroxyl groups is 1. The van der Waals surface area contributed by atoms with Crippen LogP contribution < -0.4 is 0 Å². The first kappa shape index (κ1) is 5.51. The summed E-state index contributed by atoms with van der Waals surface area (Å²) < 4.78 is 12.3. The molecule has 0 radical (unpaired) electrons. The van der Waals surface area contributed by atoms with Crippen LogP contribution >= 0.6 is 0 Å². The lowest BCUT2D eigenvalue weighted by molar-refractivity contribution is 0.00529. The fourth-order valence-corrected chi connectivity index (χ4v) is 0.601. The molecule has 0 fully saturated rings. The Morgan fingerprint density at radius 1 is 1.38 bits per heavy atom. The van der Waals surface area contributed by atoms with Gasteiger partial charge in [-0.2, -0.15) is 0 Å². The van der Waals surface area contributed by atoms with Gasteiger partial charge in [-0.1, -0.05) is 12.2 Å². The van der Waals surface area contributed by atoms with Crippen LogP contribution in [0, 0.1) is 0 Å². The Hall–Kier alpha value is -0.630. The molecule has 0 aromatic carbocycles. The SMILES string of the molecule is OC1(F)C=CCC=C1. The third-order valence-electron chi connectivity index (χ3n) is 0.975. The van der Waals surface area contributed by atoms with Crippen LogP contribution in [0.1, 0.15) is 6.42 Å². The van der Waals surface area contributed by atoms with Gasteiger partial charge in [-0.15, -0.1) is 0 Å². The zero-order valence-corrected chi connectivity index (χ0v) is 4.34. The number of allylic oxidation sites excluding steroid dienone is 2. The third-order valence-corrected chi connectivity index (χ3v) is 0.975. The van der Waals surface area contributed by atoms with Gasteiger partial charge >= 0.3 is 0 Å². The average molecular weight is 114 g/mol. The molecular weight excluding hydrogens is 107 g/mol. The molecule has 8 heavy (non-hydrogen) atoms. The van der Waals surface area contributed by atoms with Crippen molar-refractivity contribution in [3.63, 3.8) is 0 Å². The molecule has 0 aromatic rings. The lowest BCUT2D eigenvalue weighted by Gasteiger charge is -2.10. The number of hydrogen-bond donors (Lipinski definition) is 1. The Kier molecular flexibility index (Phi) is 1.18. The maximum atomic E-state index is 12.3. The monoisotopic (exact) mass is 114 g/mol. The molecule has 0 saturated carbocycles. The van der Waals surface area contributed by atoms with E-state index in [1.165, 1.54) is 0 Å². The molecule has 0 atom stereocenters. The van der Waals surface area contributed by atoms with Gasteiger partial charge in [-0.05, 0) is 18.6 Å². The maximum absolute atomic E-state index is 12.3. The van der Waals surface area contributed by atoms with E-state index in [1.807, 2.05) is 0 Å². The van der Waals surface area contributed by atoms with Gasteiger partial charge in [0.05, 0.1) is 0 Å². The van der Waals surface area contributed by atoms with E-state index in [9.17, 15) is 4.39 Å². The summed E-state index contributed by atoms with van der Waals surface area (Å²) in [5, 5.41) is 8.53. The van der Waals surface area contributed by atoms with Crippen LogP contribution in [-0.4, -0.2) is 11.0 Å². The van der Waals surface area contributed by atoms with E-state index in [0.29, 0.717) is 6.42 Å². The zero-order valence-electron chi connectivity index (χ0n) is 4.34. The van der Waals surface area contributed by atoms with E-state index < -0.39 is 5.85 Å². The van der Waals surface area contributed by atoms with Crippen molar-refractivity contribution in [3.8, 4) is 0 Å². The first-order valence-electron chi connectivity index (χ1n) is 2.47. The van der Waals surface area contributed by atoms with Gasteiger partial charge in [0.1, 0.15) is 0 Å². The molecule has 0 unspecified atom stereocenters. The molecule has 0 aromatic heterocycles. The molecule has 2 heteroatoms. The third kappa shape index (κ3) is 1.17. The van der Waals surface area contributed by atoms with Crippen LogP contribution in [-0.2, 0) is 0 Å². The quantitative estimate of drug-likeness (QED) is 0.468. The number of alkyl halides is 1. The molecule has 1 nitrogen and oxygen atoms in total. The first-order valence-corrected chi connectivity index (χ1v) is 2.47. The van der Waals surface area contributed by atoms with Gasteiger partial charge in [-0.3, -0.25) is 0 Å². The van der Waals surface area contributed by atoms with Crippen molar-refractivity contribution in [3.05, 3.63) is 24.3 Å². The minimum atomic E-state index is -2.18. The van der Waals surface area contributed by atoms with Crippen LogP contribution in [0.2, 0.25) is 0 Å². The van der Waals surface area contributed by atoms with E-state index in [1.54, 1.807) is 12.2 Å². The van der Waals surface area contributed by atoms with Crippen molar-refractivity contribution in [2.45, 2.75) is 12.3 Å². The molecule has 0 bridgehead atoms. The number of halogens is 1. The van der Waals surface area contributed by atoms with Gasteiger partial charge in [0.25, 0.3) is 0 Å². The summed E-state index contributed by atoms with van der Waals surface area (Å²) in [6.45, 7) is 0. The summed E-state index contributed by atoms with van der Waals surface area (Å²) >= 11 is 0. The molecule has 0 amide bonds. The largest absolute Gasteiger partial charge is 0.355 e. The van der Waals surface area contributed by atoms with Crippen molar-refractivity contribution >= 4 is 0 Å². The van der Waals surface area contributed by atoms with Crippen molar-refractivity contribution in [2.24, 2.45) is 0 Å². The van der Waals surface area contributed by atoms with E-state index in [4.69, 9.17) is 5.11 Å². The van der Waals surface area contributed by atoms with Crippen LogP contribution in [0.3, 0.4) is 0 Å². The van der Waals surface area contributed by atoms with Gasteiger partial charge in [0, 0.05) is 0 Å². The fourth-order valence-electron chi connectivity index (χ4n) is 0.601. The second-order valence-corrected chi connectivity index (χ2v) is 1.77. The van der Waals surface area contributed by atoms with Crippen LogP contribution in [0.5, 0.6) is 0 Å². The van der Waals surface area contributed by atoms with Crippen molar-refractivity contribution in [2.75, 3.05) is 0 Å². The second kappa shape index (κ2) is 1.71. The Balaban J connectivity index is 2.69. The molecule has 1 rings (SSSR count). The summed E-state index contributed by atoms with van der Waals surface area (Å²) in [4.78, 5) is 0. The molecular formula is C6H7FO. The Morgan fingerprint density at radius 3 is 2.12 bits per heavy atom. The van der Waals surface area contributed by atoms with Crippen LogP contribution in [0.25, 0.3) is 0 Å². The summed E-state index contributed by atoms with van der Waals surface area (Å²) in [6.07, 6.45) is 6.15. The predicted molar refractivity (Wildman–Crippen MR) is 29.0 cm³/mol. The average Bonchev–Trinajstić information content (AvgIpc) is 1.65. The van der Waals surface area contributed by atoms with Crippen molar-refractivity contribution in [1.29, 1.82) is 0 Å². The summed E-state index contributed by atoms with van der Waals surface area (Å²) in [5.41, 5.74) is 0. The van der Waals surface area contributed by atoms with Gasteiger partial charge < -0.3 is 5.11 Å². The highest BCUT2D eigenvalue weighted by Crippen LogP contribution is 2.15. The molecule has 0 heterocycles. The summed E-state index contributed by atoms with van der Waals surface area (Å²) in [6, 6.07) is 0. The van der Waals surface area contributed by atoms with E-state index in [0.717, 1.165) is 12.2 Å². The highest BCUT2D eigenvalue weighted by atomic mass is 19.2. The highest BCUT2D eigenvalue weighted by Gasteiger charge is 2.17. The molecule has 44 valence electrons. The second-order valence-electron chi connectivity index (χ2n) is 1.77. The Labute approximate surface area is 47.1 Å². The summed E-state index contributed by atoms with van der Waals surface area (Å²) in [5.74, 6) is -2.18. The van der Waals surface area contributed by atoms with Gasteiger partial charge in [0.15, 0.2) is 0 Å². The number of rotatable bonds is 0. The topological polar surface area (TPSA) is 20.2 Å². The maximum Gasteiger partial charge on any atom is 0.245 e. The molecule has 1 aliphatic rings. The van der Waals surface area contributed by atoms with E-state index >= 15 is 0 Å². The van der Waals surface area contributed by atoms with Crippen LogP contribution in [0.15, 0.2) is 24.3 Å². The molecule has 1 N–H and O–H groups in total. The normalized spacial score (nSPS) is 23.8. The Morgan fingerprint density at radius 2 is 1.88 bits per heavy atom. The van der Waals surface area contributed by atoms with Crippen molar-refractivity contribution in [1.82, 2.24) is 0 Å². The smallest absolute Gasteiger partial charge is 0.245 e. The Bertz CT molecular complexity index is 121. The predicted octanol–water partition coefficient (Wildman–Crippen LogP) is 1.16. The zero-order chi connectivity index (χ0) is 6.04. The standard InChI is InChI=1S/C6H7FO/c7-6(8)4-2-1-3-5-6/h2-5,8H,1H2. The minimum absolute atomic E-state index is 0.715. The summed E-state index contributed by atoms with van der Waals surface area (Å²) in [7, 11) is 0. The minimum Gasteiger partial charge on any atom is -0.355 e. The van der Waals surface area contributed by atoms with Gasteiger partial charge in [0.2, 0.25) is 5.85 Å². The first-order chi connectivity index (χ1) is 3.71. The van der Waals surface area contributed by atoms with E-state index in [2.05, 4.69) is 0 Å². The molecule has 0 saturated heterocycles. The molecule has 0 spiro atoms. The lowest BCUT2D eigenvalue weighted by atomic mass is 10.1. The molecule has 0 aliphatic heterocycles. The van der Waals surface area contributed by atoms with Crippen LogP contribution in [0.4, 0.5) is 4.39 Å². The van der Waals surface area contributed by atoms with E-state index in [-0.39, 0.29) is 0 Å².